The smallest absolute Gasteiger partial charge is 0.167 e. The third-order valence-electron chi connectivity index (χ3n) is 3.37. The van der Waals surface area contributed by atoms with Crippen molar-refractivity contribution in [1.29, 1.82) is 0 Å². The fourth-order valence-electron chi connectivity index (χ4n) is 2.21. The summed E-state index contributed by atoms with van der Waals surface area (Å²) in [6.45, 7) is 0. The predicted octanol–water partition coefficient (Wildman–Crippen LogP) is 5.19. The van der Waals surface area contributed by atoms with E-state index < -0.39 is 0 Å². The van der Waals surface area contributed by atoms with Crippen LogP contribution in [0.3, 0.4) is 0 Å². The van der Waals surface area contributed by atoms with E-state index >= 15 is 0 Å². The van der Waals surface area contributed by atoms with E-state index in [9.17, 15) is 0 Å². The molecule has 0 aliphatic rings. The quantitative estimate of drug-likeness (QED) is 0.356. The highest BCUT2D eigenvalue weighted by molar-refractivity contribution is 6.36. The first-order valence-corrected chi connectivity index (χ1v) is 8.20. The summed E-state index contributed by atoms with van der Waals surface area (Å²) in [5, 5.41) is 8.03. The fourth-order valence-corrected chi connectivity index (χ4v) is 2.96. The van der Waals surface area contributed by atoms with E-state index in [1.165, 1.54) is 0 Å². The number of hydrogen-bond donors (Lipinski definition) is 0. The average Bonchev–Trinajstić information content (AvgIpc) is 3.07. The van der Waals surface area contributed by atoms with Crippen LogP contribution < -0.4 is 5.01 Å². The van der Waals surface area contributed by atoms with Crippen molar-refractivity contribution < 1.29 is 0 Å². The van der Waals surface area contributed by atoms with Gasteiger partial charge in [0.1, 0.15) is 6.33 Å². The minimum Gasteiger partial charge on any atom is -0.289 e. The van der Waals surface area contributed by atoms with E-state index in [4.69, 9.17) is 34.8 Å². The SMILES string of the molecule is CN(N=C(c1ccccc1Cl)n1ccnc1)c1ccc(Cl)cc1Cl. The van der Waals surface area contributed by atoms with Crippen molar-refractivity contribution in [3.8, 4) is 0 Å². The van der Waals surface area contributed by atoms with Crippen LogP contribution >= 0.6 is 34.8 Å². The molecule has 0 saturated carbocycles. The highest BCUT2D eigenvalue weighted by Crippen LogP contribution is 2.28. The molecule has 0 bridgehead atoms. The highest BCUT2D eigenvalue weighted by Gasteiger charge is 2.13. The van der Waals surface area contributed by atoms with E-state index in [1.807, 2.05) is 37.4 Å². The summed E-state index contributed by atoms with van der Waals surface area (Å²) in [6.07, 6.45) is 5.15. The van der Waals surface area contributed by atoms with Gasteiger partial charge in [-0.15, -0.1) is 0 Å². The second-order valence-electron chi connectivity index (χ2n) is 4.99. The lowest BCUT2D eigenvalue weighted by Gasteiger charge is -2.18. The molecular weight excluding hydrogens is 367 g/mol. The molecule has 0 saturated heterocycles. The van der Waals surface area contributed by atoms with E-state index in [2.05, 4.69) is 10.1 Å². The molecule has 1 aromatic heterocycles. The monoisotopic (exact) mass is 378 g/mol. The van der Waals surface area contributed by atoms with Gasteiger partial charge in [-0.2, -0.15) is 5.10 Å². The molecule has 0 aliphatic heterocycles. The summed E-state index contributed by atoms with van der Waals surface area (Å²) < 4.78 is 1.79. The maximum Gasteiger partial charge on any atom is 0.167 e. The average molecular weight is 380 g/mol. The predicted molar refractivity (Wildman–Crippen MR) is 100 cm³/mol. The molecule has 1 heterocycles. The van der Waals surface area contributed by atoms with Gasteiger partial charge in [0.2, 0.25) is 0 Å². The molecule has 2 aromatic carbocycles. The van der Waals surface area contributed by atoms with Gasteiger partial charge in [0.05, 0.1) is 15.7 Å². The summed E-state index contributed by atoms with van der Waals surface area (Å²) in [6, 6.07) is 12.8. The molecule has 24 heavy (non-hydrogen) atoms. The number of nitrogens with zero attached hydrogens (tertiary/aromatic N) is 4. The molecule has 0 N–H and O–H groups in total. The highest BCUT2D eigenvalue weighted by atomic mass is 35.5. The van der Waals surface area contributed by atoms with Crippen molar-refractivity contribution in [3.05, 3.63) is 81.8 Å². The van der Waals surface area contributed by atoms with E-state index in [0.717, 1.165) is 11.3 Å². The molecule has 0 radical (unpaired) electrons. The molecule has 3 rings (SSSR count). The lowest BCUT2D eigenvalue weighted by atomic mass is 10.2. The Hall–Kier alpha value is -2.01. The summed E-state index contributed by atoms with van der Waals surface area (Å²) in [7, 11) is 1.81. The number of hydrogen-bond acceptors (Lipinski definition) is 3. The zero-order valence-electron chi connectivity index (χ0n) is 12.7. The lowest BCUT2D eigenvalue weighted by molar-refractivity contribution is 0.982. The molecule has 0 amide bonds. The van der Waals surface area contributed by atoms with Gasteiger partial charge in [0.15, 0.2) is 5.84 Å². The Bertz CT molecular complexity index is 875. The van der Waals surface area contributed by atoms with Gasteiger partial charge in [-0.3, -0.25) is 9.58 Å². The second kappa shape index (κ2) is 7.26. The zero-order chi connectivity index (χ0) is 17.1. The van der Waals surface area contributed by atoms with Gasteiger partial charge < -0.3 is 0 Å². The fraction of sp³-hybridized carbons (Fsp3) is 0.0588. The molecule has 0 spiro atoms. The molecule has 0 aliphatic carbocycles. The molecule has 0 atom stereocenters. The Morgan fingerprint density at radius 2 is 1.88 bits per heavy atom. The Morgan fingerprint density at radius 1 is 1.08 bits per heavy atom. The number of benzene rings is 2. The van der Waals surface area contributed by atoms with Crippen LogP contribution in [0.1, 0.15) is 5.56 Å². The summed E-state index contributed by atoms with van der Waals surface area (Å²) in [4.78, 5) is 4.08. The van der Waals surface area contributed by atoms with Crippen LogP contribution in [0.25, 0.3) is 0 Å². The molecule has 7 heteroatoms. The van der Waals surface area contributed by atoms with E-state index in [1.54, 1.807) is 40.4 Å². The third-order valence-corrected chi connectivity index (χ3v) is 4.23. The second-order valence-corrected chi connectivity index (χ2v) is 6.24. The Labute approximate surface area is 154 Å². The first-order chi connectivity index (χ1) is 11.6. The first-order valence-electron chi connectivity index (χ1n) is 7.07. The van der Waals surface area contributed by atoms with Crippen LogP contribution in [0.15, 0.2) is 66.3 Å². The van der Waals surface area contributed by atoms with Crippen LogP contribution in [0.5, 0.6) is 0 Å². The number of hydrazone groups is 1. The Morgan fingerprint density at radius 3 is 2.54 bits per heavy atom. The summed E-state index contributed by atoms with van der Waals surface area (Å²) in [5.41, 5.74) is 1.51. The van der Waals surface area contributed by atoms with Crippen LogP contribution in [0, 0.1) is 0 Å². The topological polar surface area (TPSA) is 33.4 Å². The van der Waals surface area contributed by atoms with Gasteiger partial charge in [-0.05, 0) is 30.3 Å². The molecular formula is C17H13Cl3N4. The molecule has 0 unspecified atom stereocenters. The molecule has 0 fully saturated rings. The number of imidazole rings is 1. The lowest BCUT2D eigenvalue weighted by Crippen LogP contribution is -2.20. The molecule has 122 valence electrons. The Balaban J connectivity index is 2.09. The van der Waals surface area contributed by atoms with Crippen LogP contribution in [-0.4, -0.2) is 22.4 Å². The number of rotatable bonds is 3. The third kappa shape index (κ3) is 3.56. The van der Waals surface area contributed by atoms with Gasteiger partial charge in [0.25, 0.3) is 0 Å². The van der Waals surface area contributed by atoms with Crippen LogP contribution in [0.4, 0.5) is 5.69 Å². The zero-order valence-corrected chi connectivity index (χ0v) is 15.0. The minimum atomic E-state index is 0.512. The van der Waals surface area contributed by atoms with E-state index in [-0.39, 0.29) is 0 Å². The first kappa shape index (κ1) is 16.8. The van der Waals surface area contributed by atoms with Gasteiger partial charge in [-0.25, -0.2) is 4.98 Å². The van der Waals surface area contributed by atoms with E-state index in [0.29, 0.717) is 20.9 Å². The van der Waals surface area contributed by atoms with Crippen LogP contribution in [-0.2, 0) is 0 Å². The molecule has 4 nitrogen and oxygen atoms in total. The summed E-state index contributed by atoms with van der Waals surface area (Å²) >= 11 is 18.6. The van der Waals surface area contributed by atoms with Crippen molar-refractivity contribution in [3.63, 3.8) is 0 Å². The van der Waals surface area contributed by atoms with Crippen molar-refractivity contribution in [2.75, 3.05) is 12.1 Å². The number of aromatic nitrogens is 2. The van der Waals surface area contributed by atoms with Gasteiger partial charge in [-0.1, -0.05) is 46.9 Å². The number of halogens is 3. The molecule has 3 aromatic rings. The largest absolute Gasteiger partial charge is 0.289 e. The van der Waals surface area contributed by atoms with Gasteiger partial charge in [0, 0.05) is 30.0 Å². The standard InChI is InChI=1S/C17H13Cl3N4/c1-23(16-7-6-12(18)10-15(16)20)22-17(24-9-8-21-11-24)13-4-2-3-5-14(13)19/h2-11H,1H3. The van der Waals surface area contributed by atoms with Crippen molar-refractivity contribution in [2.24, 2.45) is 5.10 Å². The maximum atomic E-state index is 6.34. The maximum absolute atomic E-state index is 6.34. The number of anilines is 1. The van der Waals surface area contributed by atoms with Crippen molar-refractivity contribution in [2.45, 2.75) is 0 Å². The van der Waals surface area contributed by atoms with Crippen molar-refractivity contribution >= 4 is 46.3 Å². The minimum absolute atomic E-state index is 0.512. The normalized spacial score (nSPS) is 11.6. The van der Waals surface area contributed by atoms with Crippen LogP contribution in [0.2, 0.25) is 15.1 Å². The van der Waals surface area contributed by atoms with Crippen molar-refractivity contribution in [1.82, 2.24) is 9.55 Å². The van der Waals surface area contributed by atoms with Gasteiger partial charge >= 0.3 is 0 Å². The Kier molecular flexibility index (Phi) is 5.09. The summed E-state index contributed by atoms with van der Waals surface area (Å²) in [5.74, 6) is 0.631.